The molecular formula is C6H6F2O2. The molecule has 0 aromatic rings. The fraction of sp³-hybridized carbons (Fsp3) is 0.667. The van der Waals surface area contributed by atoms with Crippen molar-refractivity contribution in [3.8, 4) is 0 Å². The number of aldehydes is 1. The molecule has 0 bridgehead atoms. The highest BCUT2D eigenvalue weighted by Crippen LogP contribution is 2.42. The molecule has 2 nitrogen and oxygen atoms in total. The summed E-state index contributed by atoms with van der Waals surface area (Å²) in [4.78, 5) is 20.1. The summed E-state index contributed by atoms with van der Waals surface area (Å²) >= 11 is 0. The second kappa shape index (κ2) is 2.11. The Labute approximate surface area is 56.2 Å². The minimum absolute atomic E-state index is 0.111. The van der Waals surface area contributed by atoms with Gasteiger partial charge in [-0.3, -0.25) is 9.59 Å². The van der Waals surface area contributed by atoms with E-state index in [1.165, 1.54) is 0 Å². The molecule has 0 atom stereocenters. The third-order valence-electron chi connectivity index (χ3n) is 1.61. The largest absolute Gasteiger partial charge is 0.295 e. The Kier molecular flexibility index (Phi) is 1.54. The molecule has 4 heteroatoms. The number of hydrogen-bond acceptors (Lipinski definition) is 2. The molecule has 1 aliphatic rings. The molecule has 0 unspecified atom stereocenters. The Bertz CT molecular complexity index is 169. The van der Waals surface area contributed by atoms with Gasteiger partial charge in [-0.05, 0) is 0 Å². The molecule has 0 spiro atoms. The summed E-state index contributed by atoms with van der Waals surface area (Å²) in [5, 5.41) is 0. The van der Waals surface area contributed by atoms with Crippen molar-refractivity contribution in [1.82, 2.24) is 0 Å². The van der Waals surface area contributed by atoms with Crippen LogP contribution in [0, 0.1) is 5.92 Å². The molecule has 1 saturated carbocycles. The Morgan fingerprint density at radius 2 is 2.00 bits per heavy atom. The topological polar surface area (TPSA) is 34.1 Å². The molecule has 1 aliphatic carbocycles. The lowest BCUT2D eigenvalue weighted by Gasteiger charge is -2.32. The number of carbonyl (C=O) groups is 2. The van der Waals surface area contributed by atoms with Crippen LogP contribution >= 0.6 is 0 Å². The molecular weight excluding hydrogens is 142 g/mol. The maximum atomic E-state index is 12.0. The van der Waals surface area contributed by atoms with Crippen molar-refractivity contribution in [3.05, 3.63) is 0 Å². The summed E-state index contributed by atoms with van der Waals surface area (Å²) in [7, 11) is 0. The highest BCUT2D eigenvalue weighted by molar-refractivity contribution is 6.26. The van der Waals surface area contributed by atoms with Crippen LogP contribution < -0.4 is 0 Å². The van der Waals surface area contributed by atoms with Crippen LogP contribution in [0.3, 0.4) is 0 Å². The predicted molar refractivity (Wildman–Crippen MR) is 28.7 cm³/mol. The number of carbonyl (C=O) groups excluding carboxylic acids is 2. The van der Waals surface area contributed by atoms with Crippen LogP contribution in [-0.4, -0.2) is 18.0 Å². The van der Waals surface area contributed by atoms with Gasteiger partial charge in [-0.2, -0.15) is 0 Å². The van der Waals surface area contributed by atoms with E-state index in [0.29, 0.717) is 0 Å². The molecule has 56 valence electrons. The summed E-state index contributed by atoms with van der Waals surface area (Å²) in [6.07, 6.45) is -0.797. The predicted octanol–water partition coefficient (Wildman–Crippen LogP) is 0.800. The molecule has 0 N–H and O–H groups in total. The monoisotopic (exact) mass is 148 g/mol. The smallest absolute Gasteiger partial charge is 0.249 e. The lowest BCUT2D eigenvalue weighted by Crippen LogP contribution is -2.40. The number of alkyl halides is 2. The second-order valence-corrected chi connectivity index (χ2v) is 2.48. The molecule has 1 rings (SSSR count). The van der Waals surface area contributed by atoms with Crippen molar-refractivity contribution in [2.45, 2.75) is 18.8 Å². The fourth-order valence-electron chi connectivity index (χ4n) is 0.959. The van der Waals surface area contributed by atoms with E-state index >= 15 is 0 Å². The Morgan fingerprint density at radius 1 is 1.50 bits per heavy atom. The van der Waals surface area contributed by atoms with Crippen molar-refractivity contribution in [3.63, 3.8) is 0 Å². The zero-order chi connectivity index (χ0) is 7.78. The minimum atomic E-state index is -2.71. The van der Waals surface area contributed by atoms with E-state index in [4.69, 9.17) is 0 Å². The van der Waals surface area contributed by atoms with Gasteiger partial charge in [-0.15, -0.1) is 0 Å². The number of halogens is 2. The van der Waals surface area contributed by atoms with Gasteiger partial charge in [0.05, 0.1) is 0 Å². The minimum Gasteiger partial charge on any atom is -0.295 e. The highest BCUT2D eigenvalue weighted by Gasteiger charge is 2.48. The Balaban J connectivity index is 2.39. The molecule has 0 radical (unpaired) electrons. The van der Waals surface area contributed by atoms with E-state index in [9.17, 15) is 18.4 Å². The molecule has 0 amide bonds. The molecule has 0 aromatic heterocycles. The first-order chi connectivity index (χ1) is 4.55. The third-order valence-corrected chi connectivity index (χ3v) is 1.61. The first kappa shape index (κ1) is 7.31. The van der Waals surface area contributed by atoms with Crippen LogP contribution in [0.25, 0.3) is 0 Å². The molecule has 10 heavy (non-hydrogen) atoms. The van der Waals surface area contributed by atoms with Gasteiger partial charge in [0.15, 0.2) is 12.1 Å². The van der Waals surface area contributed by atoms with Gasteiger partial charge in [0, 0.05) is 18.8 Å². The molecule has 0 aliphatic heterocycles. The van der Waals surface area contributed by atoms with Crippen LogP contribution in [-0.2, 0) is 9.59 Å². The molecule has 0 saturated heterocycles. The number of rotatable bonds is 2. The van der Waals surface area contributed by atoms with Crippen molar-refractivity contribution >= 4 is 12.1 Å². The Hall–Kier alpha value is -0.800. The van der Waals surface area contributed by atoms with Crippen LogP contribution in [0.2, 0.25) is 0 Å². The lowest BCUT2D eigenvalue weighted by molar-refractivity contribution is -0.151. The van der Waals surface area contributed by atoms with Gasteiger partial charge in [-0.25, -0.2) is 8.78 Å². The van der Waals surface area contributed by atoms with Gasteiger partial charge in [0.2, 0.25) is 5.92 Å². The van der Waals surface area contributed by atoms with Crippen LogP contribution in [0.5, 0.6) is 0 Å². The van der Waals surface area contributed by atoms with Crippen molar-refractivity contribution in [2.75, 3.05) is 0 Å². The summed E-state index contributed by atoms with van der Waals surface area (Å²) in [5.41, 5.74) is 0. The Morgan fingerprint density at radius 3 is 2.30 bits per heavy atom. The van der Waals surface area contributed by atoms with Crippen LogP contribution in [0.4, 0.5) is 8.78 Å². The van der Waals surface area contributed by atoms with Crippen molar-refractivity contribution in [1.29, 1.82) is 0 Å². The van der Waals surface area contributed by atoms with Crippen LogP contribution in [0.1, 0.15) is 12.8 Å². The summed E-state index contributed by atoms with van der Waals surface area (Å²) < 4.78 is 24.0. The maximum Gasteiger partial charge on any atom is 0.249 e. The number of Topliss-reactive ketones (excluding diaryl/α,β-unsaturated/α-hetero) is 1. The number of hydrogen-bond donors (Lipinski definition) is 0. The van der Waals surface area contributed by atoms with Gasteiger partial charge in [0.25, 0.3) is 0 Å². The lowest BCUT2D eigenvalue weighted by atomic mass is 9.79. The van der Waals surface area contributed by atoms with E-state index in [1.807, 2.05) is 0 Å². The molecule has 1 fully saturated rings. The van der Waals surface area contributed by atoms with E-state index in [1.54, 1.807) is 0 Å². The molecule has 0 aromatic carbocycles. The average molecular weight is 148 g/mol. The third kappa shape index (κ3) is 1.20. The fourth-order valence-corrected chi connectivity index (χ4v) is 0.959. The van der Waals surface area contributed by atoms with Gasteiger partial charge < -0.3 is 0 Å². The van der Waals surface area contributed by atoms with Gasteiger partial charge in [0.1, 0.15) is 0 Å². The van der Waals surface area contributed by atoms with E-state index in [0.717, 1.165) is 0 Å². The zero-order valence-corrected chi connectivity index (χ0v) is 5.14. The van der Waals surface area contributed by atoms with E-state index in [2.05, 4.69) is 0 Å². The summed E-state index contributed by atoms with van der Waals surface area (Å²) in [5.74, 6) is -4.12. The second-order valence-electron chi connectivity index (χ2n) is 2.48. The quantitative estimate of drug-likeness (QED) is 0.428. The normalized spacial score (nSPS) is 23.4. The van der Waals surface area contributed by atoms with E-state index < -0.39 is 30.5 Å². The van der Waals surface area contributed by atoms with Gasteiger partial charge in [-0.1, -0.05) is 0 Å². The summed E-state index contributed by atoms with van der Waals surface area (Å²) in [6, 6.07) is 0. The van der Waals surface area contributed by atoms with Gasteiger partial charge >= 0.3 is 0 Å². The maximum absolute atomic E-state index is 12.0. The molecule has 0 heterocycles. The summed E-state index contributed by atoms with van der Waals surface area (Å²) in [6.45, 7) is 0. The van der Waals surface area contributed by atoms with E-state index in [-0.39, 0.29) is 6.29 Å². The van der Waals surface area contributed by atoms with Crippen LogP contribution in [0.15, 0.2) is 0 Å². The van der Waals surface area contributed by atoms with Crippen molar-refractivity contribution < 1.29 is 18.4 Å². The zero-order valence-electron chi connectivity index (χ0n) is 5.14. The first-order valence-electron chi connectivity index (χ1n) is 2.92. The SMILES string of the molecule is O=CC(=O)C1CC(F)(F)C1. The standard InChI is InChI=1S/C6H6F2O2/c7-6(8)1-4(2-6)5(10)3-9/h3-4H,1-2H2. The average Bonchev–Trinajstić information content (AvgIpc) is 1.81. The highest BCUT2D eigenvalue weighted by atomic mass is 19.3. The van der Waals surface area contributed by atoms with Crippen molar-refractivity contribution in [2.24, 2.45) is 5.92 Å². The first-order valence-corrected chi connectivity index (χ1v) is 2.92. The number of ketones is 1.